The van der Waals surface area contributed by atoms with E-state index in [9.17, 15) is 4.79 Å². The predicted molar refractivity (Wildman–Crippen MR) is 104 cm³/mol. The number of hydrogen-bond donors (Lipinski definition) is 0. The molecule has 4 nitrogen and oxygen atoms in total. The number of amides is 1. The Labute approximate surface area is 153 Å². The zero-order chi connectivity index (χ0) is 18.7. The van der Waals surface area contributed by atoms with E-state index in [1.54, 1.807) is 0 Å². The maximum atomic E-state index is 12.6. The molecule has 140 valence electrons. The van der Waals surface area contributed by atoms with Crippen LogP contribution in [-0.4, -0.2) is 44.5 Å². The minimum Gasteiger partial charge on any atom is -0.417 e. The molecule has 1 fully saturated rings. The van der Waals surface area contributed by atoms with Gasteiger partial charge in [0, 0.05) is 13.2 Å². The summed E-state index contributed by atoms with van der Waals surface area (Å²) >= 11 is 0. The SMILES string of the molecule is CC1OCC(CCO[Si](C)(C)C(C)(C)C)N(Cc2ccccc2)C1=O. The fraction of sp³-hybridized carbons (Fsp3) is 0.650. The van der Waals surface area contributed by atoms with Crippen molar-refractivity contribution >= 4 is 14.2 Å². The largest absolute Gasteiger partial charge is 0.417 e. The lowest BCUT2D eigenvalue weighted by atomic mass is 10.1. The number of nitrogens with zero attached hydrogens (tertiary/aromatic N) is 1. The van der Waals surface area contributed by atoms with Gasteiger partial charge in [-0.3, -0.25) is 4.79 Å². The second kappa shape index (κ2) is 8.02. The van der Waals surface area contributed by atoms with Crippen LogP contribution < -0.4 is 0 Å². The quantitative estimate of drug-likeness (QED) is 0.711. The van der Waals surface area contributed by atoms with E-state index in [0.717, 1.165) is 12.0 Å². The smallest absolute Gasteiger partial charge is 0.252 e. The van der Waals surface area contributed by atoms with Gasteiger partial charge in [-0.25, -0.2) is 0 Å². The number of carbonyl (C=O) groups is 1. The Morgan fingerprint density at radius 2 is 1.88 bits per heavy atom. The molecular weight excluding hydrogens is 330 g/mol. The minimum absolute atomic E-state index is 0.0763. The lowest BCUT2D eigenvalue weighted by Crippen LogP contribution is -2.53. The van der Waals surface area contributed by atoms with Crippen LogP contribution in [0.1, 0.15) is 39.7 Å². The lowest BCUT2D eigenvalue weighted by molar-refractivity contribution is -0.159. The third-order valence-corrected chi connectivity index (χ3v) is 10.1. The van der Waals surface area contributed by atoms with Crippen LogP contribution in [0.5, 0.6) is 0 Å². The molecule has 2 atom stereocenters. The highest BCUT2D eigenvalue weighted by molar-refractivity contribution is 6.74. The third-order valence-electron chi connectivity index (χ3n) is 5.53. The van der Waals surface area contributed by atoms with Crippen molar-refractivity contribution in [1.82, 2.24) is 4.90 Å². The van der Waals surface area contributed by atoms with Crippen LogP contribution in [0.4, 0.5) is 0 Å². The van der Waals surface area contributed by atoms with E-state index in [1.165, 1.54) is 0 Å². The van der Waals surface area contributed by atoms with Crippen LogP contribution in [0.3, 0.4) is 0 Å². The minimum atomic E-state index is -1.76. The highest BCUT2D eigenvalue weighted by Gasteiger charge is 2.38. The second-order valence-electron chi connectivity index (χ2n) is 8.48. The molecule has 0 bridgehead atoms. The van der Waals surface area contributed by atoms with Gasteiger partial charge >= 0.3 is 0 Å². The first-order valence-corrected chi connectivity index (χ1v) is 12.1. The number of carbonyl (C=O) groups excluding carboxylic acids is 1. The summed E-state index contributed by atoms with van der Waals surface area (Å²) in [6, 6.07) is 10.2. The number of ether oxygens (including phenoxy) is 1. The molecule has 0 spiro atoms. The highest BCUT2D eigenvalue weighted by Crippen LogP contribution is 2.36. The van der Waals surface area contributed by atoms with Crippen LogP contribution >= 0.6 is 0 Å². The molecule has 1 aliphatic rings. The first kappa shape index (κ1) is 20.1. The van der Waals surface area contributed by atoms with Gasteiger partial charge in [0.1, 0.15) is 6.10 Å². The Morgan fingerprint density at radius 1 is 1.24 bits per heavy atom. The van der Waals surface area contributed by atoms with Crippen molar-refractivity contribution in [3.63, 3.8) is 0 Å². The molecule has 1 aliphatic heterocycles. The molecule has 2 rings (SSSR count). The van der Waals surface area contributed by atoms with Crippen molar-refractivity contribution in [2.24, 2.45) is 0 Å². The second-order valence-corrected chi connectivity index (χ2v) is 13.3. The van der Waals surface area contributed by atoms with Crippen LogP contribution in [0.15, 0.2) is 30.3 Å². The molecule has 5 heteroatoms. The van der Waals surface area contributed by atoms with E-state index in [-0.39, 0.29) is 23.1 Å². The summed E-state index contributed by atoms with van der Waals surface area (Å²) in [5.41, 5.74) is 1.15. The average Bonchev–Trinajstić information content (AvgIpc) is 2.54. The summed E-state index contributed by atoms with van der Waals surface area (Å²) in [5.74, 6) is 0.0763. The van der Waals surface area contributed by atoms with E-state index in [2.05, 4.69) is 46.0 Å². The van der Waals surface area contributed by atoms with Gasteiger partial charge in [0.05, 0.1) is 12.6 Å². The Hall–Kier alpha value is -1.17. The molecule has 0 N–H and O–H groups in total. The molecule has 1 aromatic rings. The summed E-state index contributed by atoms with van der Waals surface area (Å²) < 4.78 is 12.0. The zero-order valence-electron chi connectivity index (χ0n) is 16.5. The van der Waals surface area contributed by atoms with Gasteiger partial charge in [-0.1, -0.05) is 51.1 Å². The fourth-order valence-corrected chi connectivity index (χ4v) is 3.78. The zero-order valence-corrected chi connectivity index (χ0v) is 17.5. The lowest BCUT2D eigenvalue weighted by Gasteiger charge is -2.40. The van der Waals surface area contributed by atoms with Gasteiger partial charge in [0.15, 0.2) is 8.32 Å². The molecule has 25 heavy (non-hydrogen) atoms. The molecule has 1 aromatic carbocycles. The van der Waals surface area contributed by atoms with Crippen LogP contribution in [0, 0.1) is 0 Å². The number of benzene rings is 1. The highest BCUT2D eigenvalue weighted by atomic mass is 28.4. The van der Waals surface area contributed by atoms with Gasteiger partial charge < -0.3 is 14.1 Å². The Morgan fingerprint density at radius 3 is 2.48 bits per heavy atom. The van der Waals surface area contributed by atoms with E-state index in [4.69, 9.17) is 9.16 Å². The Balaban J connectivity index is 2.00. The first-order valence-electron chi connectivity index (χ1n) is 9.22. The molecule has 1 amide bonds. The van der Waals surface area contributed by atoms with Gasteiger partial charge in [-0.2, -0.15) is 0 Å². The standard InChI is InChI=1S/C20H33NO3Si/c1-16-19(22)21(14-17-10-8-7-9-11-17)18(15-23-16)12-13-24-25(5,6)20(2,3)4/h7-11,16,18H,12-15H2,1-6H3. The molecule has 0 aromatic heterocycles. The molecule has 0 saturated carbocycles. The molecular formula is C20H33NO3Si. The van der Waals surface area contributed by atoms with Crippen molar-refractivity contribution in [2.45, 2.75) is 70.9 Å². The summed E-state index contributed by atoms with van der Waals surface area (Å²) in [5, 5.41) is 0.199. The van der Waals surface area contributed by atoms with Crippen molar-refractivity contribution in [3.05, 3.63) is 35.9 Å². The number of hydrogen-bond acceptors (Lipinski definition) is 3. The van der Waals surface area contributed by atoms with Crippen LogP contribution in [0.2, 0.25) is 18.1 Å². The molecule has 1 heterocycles. The van der Waals surface area contributed by atoms with Crippen LogP contribution in [-0.2, 0) is 20.5 Å². The maximum absolute atomic E-state index is 12.6. The normalized spacial score (nSPS) is 22.3. The van der Waals surface area contributed by atoms with E-state index in [0.29, 0.717) is 19.8 Å². The van der Waals surface area contributed by atoms with Gasteiger partial charge in [0.25, 0.3) is 5.91 Å². The van der Waals surface area contributed by atoms with Gasteiger partial charge in [0.2, 0.25) is 0 Å². The fourth-order valence-electron chi connectivity index (χ4n) is 2.72. The van der Waals surface area contributed by atoms with E-state index in [1.807, 2.05) is 30.0 Å². The van der Waals surface area contributed by atoms with Crippen molar-refractivity contribution in [3.8, 4) is 0 Å². The van der Waals surface area contributed by atoms with E-state index < -0.39 is 8.32 Å². The number of rotatable bonds is 6. The first-order chi connectivity index (χ1) is 11.6. The van der Waals surface area contributed by atoms with Crippen LogP contribution in [0.25, 0.3) is 0 Å². The van der Waals surface area contributed by atoms with Gasteiger partial charge in [-0.05, 0) is 37.0 Å². The molecule has 0 aliphatic carbocycles. The number of morpholine rings is 1. The Bertz CT molecular complexity index is 568. The predicted octanol–water partition coefficient (Wildman–Crippen LogP) is 4.21. The third kappa shape index (κ3) is 5.15. The summed E-state index contributed by atoms with van der Waals surface area (Å²) in [6.07, 6.45) is 0.457. The summed E-state index contributed by atoms with van der Waals surface area (Å²) in [4.78, 5) is 14.6. The molecule has 0 radical (unpaired) electrons. The monoisotopic (exact) mass is 363 g/mol. The van der Waals surface area contributed by atoms with E-state index >= 15 is 0 Å². The summed E-state index contributed by atoms with van der Waals surface area (Å²) in [6.45, 7) is 15.0. The van der Waals surface area contributed by atoms with Crippen molar-refractivity contribution < 1.29 is 14.0 Å². The van der Waals surface area contributed by atoms with Gasteiger partial charge in [-0.15, -0.1) is 0 Å². The summed E-state index contributed by atoms with van der Waals surface area (Å²) in [7, 11) is -1.76. The molecule has 1 saturated heterocycles. The van der Waals surface area contributed by atoms with Crippen molar-refractivity contribution in [2.75, 3.05) is 13.2 Å². The maximum Gasteiger partial charge on any atom is 0.252 e. The van der Waals surface area contributed by atoms with Crippen molar-refractivity contribution in [1.29, 1.82) is 0 Å². The Kier molecular flexibility index (Phi) is 6.46. The molecule has 2 unspecified atom stereocenters. The topological polar surface area (TPSA) is 38.8 Å². The average molecular weight is 364 g/mol.